The molecule has 18 heavy (non-hydrogen) atoms. The third-order valence-corrected chi connectivity index (χ3v) is 4.08. The van der Waals surface area contributed by atoms with E-state index in [9.17, 15) is 4.79 Å². The molecule has 0 spiro atoms. The Morgan fingerprint density at radius 3 is 2.89 bits per heavy atom. The van der Waals surface area contributed by atoms with Crippen molar-refractivity contribution in [2.24, 2.45) is 11.8 Å². The molecule has 2 fully saturated rings. The molecule has 0 aromatic rings. The van der Waals surface area contributed by atoms with Gasteiger partial charge in [-0.25, -0.2) is 0 Å². The Bertz CT molecular complexity index is 259. The number of nitrogens with zero attached hydrogens (tertiary/aromatic N) is 1. The van der Waals surface area contributed by atoms with Crippen LogP contribution in [0.25, 0.3) is 0 Å². The zero-order valence-corrected chi connectivity index (χ0v) is 11.5. The van der Waals surface area contributed by atoms with Crippen molar-refractivity contribution in [3.8, 4) is 0 Å². The van der Waals surface area contributed by atoms with Gasteiger partial charge in [-0.3, -0.25) is 4.79 Å². The highest BCUT2D eigenvalue weighted by atomic mass is 16.5. The van der Waals surface area contributed by atoms with Crippen LogP contribution in [0.4, 0.5) is 0 Å². The number of piperidine rings is 1. The second kappa shape index (κ2) is 7.10. The van der Waals surface area contributed by atoms with Crippen LogP contribution in [0.5, 0.6) is 0 Å². The predicted molar refractivity (Wildman–Crippen MR) is 71.4 cm³/mol. The van der Waals surface area contributed by atoms with Gasteiger partial charge in [-0.1, -0.05) is 0 Å². The summed E-state index contributed by atoms with van der Waals surface area (Å²) in [4.78, 5) is 14.5. The van der Waals surface area contributed by atoms with Gasteiger partial charge >= 0.3 is 0 Å². The minimum absolute atomic E-state index is 0.107. The van der Waals surface area contributed by atoms with Crippen LogP contribution in [0.15, 0.2) is 0 Å². The van der Waals surface area contributed by atoms with Gasteiger partial charge in [0.25, 0.3) is 0 Å². The van der Waals surface area contributed by atoms with Crippen LogP contribution < -0.4 is 5.32 Å². The molecule has 2 atom stereocenters. The molecule has 1 N–H and O–H groups in total. The van der Waals surface area contributed by atoms with Gasteiger partial charge in [-0.05, 0) is 51.6 Å². The van der Waals surface area contributed by atoms with Crippen LogP contribution in [0.3, 0.4) is 0 Å². The lowest BCUT2D eigenvalue weighted by molar-refractivity contribution is -0.140. The largest absolute Gasteiger partial charge is 0.381 e. The fraction of sp³-hybridized carbons (Fsp3) is 0.929. The Kier molecular flexibility index (Phi) is 5.45. The maximum atomic E-state index is 12.4. The van der Waals surface area contributed by atoms with Crippen molar-refractivity contribution in [3.05, 3.63) is 0 Å². The van der Waals surface area contributed by atoms with E-state index in [0.29, 0.717) is 18.4 Å². The predicted octanol–water partition coefficient (Wildman–Crippen LogP) is 1.26. The Hall–Kier alpha value is -0.610. The molecule has 2 aliphatic heterocycles. The summed E-state index contributed by atoms with van der Waals surface area (Å²) in [6.45, 7) is 7.46. The molecule has 0 aliphatic carbocycles. The standard InChI is InChI=1S/C14H26N2O2/c1-2-16(10-12-5-3-7-15-9-12)14(17)13-6-4-8-18-11-13/h12-13,15H,2-11H2,1H3. The lowest BCUT2D eigenvalue weighted by Crippen LogP contribution is -2.44. The number of hydrogen-bond acceptors (Lipinski definition) is 3. The van der Waals surface area contributed by atoms with Gasteiger partial charge in [0.2, 0.25) is 5.91 Å². The van der Waals surface area contributed by atoms with Crippen molar-refractivity contribution in [2.45, 2.75) is 32.6 Å². The van der Waals surface area contributed by atoms with Gasteiger partial charge in [0.05, 0.1) is 12.5 Å². The summed E-state index contributed by atoms with van der Waals surface area (Å²) in [6.07, 6.45) is 4.51. The topological polar surface area (TPSA) is 41.6 Å². The lowest BCUT2D eigenvalue weighted by Gasteiger charge is -2.32. The number of carbonyl (C=O) groups is 1. The highest BCUT2D eigenvalue weighted by molar-refractivity contribution is 5.79. The molecule has 0 bridgehead atoms. The van der Waals surface area contributed by atoms with Gasteiger partial charge in [-0.2, -0.15) is 0 Å². The Balaban J connectivity index is 1.84. The summed E-state index contributed by atoms with van der Waals surface area (Å²) in [5.41, 5.74) is 0. The van der Waals surface area contributed by atoms with Crippen molar-refractivity contribution in [1.82, 2.24) is 10.2 Å². The molecule has 2 unspecified atom stereocenters. The monoisotopic (exact) mass is 254 g/mol. The van der Waals surface area contributed by atoms with E-state index in [2.05, 4.69) is 12.2 Å². The number of hydrogen-bond donors (Lipinski definition) is 1. The highest BCUT2D eigenvalue weighted by Crippen LogP contribution is 2.18. The molecular formula is C14H26N2O2. The minimum Gasteiger partial charge on any atom is -0.381 e. The van der Waals surface area contributed by atoms with Crippen molar-refractivity contribution in [3.63, 3.8) is 0 Å². The van der Waals surface area contributed by atoms with E-state index >= 15 is 0 Å². The van der Waals surface area contributed by atoms with E-state index in [4.69, 9.17) is 4.74 Å². The number of carbonyl (C=O) groups excluding carboxylic acids is 1. The van der Waals surface area contributed by atoms with E-state index in [1.807, 2.05) is 4.90 Å². The summed E-state index contributed by atoms with van der Waals surface area (Å²) < 4.78 is 5.43. The quantitative estimate of drug-likeness (QED) is 0.821. The smallest absolute Gasteiger partial charge is 0.228 e. The van der Waals surface area contributed by atoms with E-state index in [0.717, 1.165) is 45.6 Å². The molecule has 2 rings (SSSR count). The summed E-state index contributed by atoms with van der Waals surface area (Å²) in [6, 6.07) is 0. The van der Waals surface area contributed by atoms with Gasteiger partial charge in [0.15, 0.2) is 0 Å². The maximum absolute atomic E-state index is 12.4. The summed E-state index contributed by atoms with van der Waals surface area (Å²) in [7, 11) is 0. The first-order chi connectivity index (χ1) is 8.81. The van der Waals surface area contributed by atoms with Crippen LogP contribution in [0.1, 0.15) is 32.6 Å². The summed E-state index contributed by atoms with van der Waals surface area (Å²) in [5, 5.41) is 3.42. The Morgan fingerprint density at radius 1 is 1.39 bits per heavy atom. The SMILES string of the molecule is CCN(CC1CCCNC1)C(=O)C1CCCOC1. The van der Waals surface area contributed by atoms with Crippen molar-refractivity contribution in [1.29, 1.82) is 0 Å². The van der Waals surface area contributed by atoms with Crippen LogP contribution >= 0.6 is 0 Å². The average Bonchev–Trinajstić information content (AvgIpc) is 2.46. The number of amides is 1. The second-order valence-corrected chi connectivity index (χ2v) is 5.50. The number of ether oxygens (including phenoxy) is 1. The first kappa shape index (κ1) is 13.8. The molecule has 1 amide bonds. The Labute approximate surface area is 110 Å². The van der Waals surface area contributed by atoms with Crippen molar-refractivity contribution in [2.75, 3.05) is 39.4 Å². The molecule has 4 nitrogen and oxygen atoms in total. The number of rotatable bonds is 4. The van der Waals surface area contributed by atoms with E-state index < -0.39 is 0 Å². The molecule has 2 heterocycles. The maximum Gasteiger partial charge on any atom is 0.228 e. The normalized spacial score (nSPS) is 28.9. The van der Waals surface area contributed by atoms with Gasteiger partial charge in [-0.15, -0.1) is 0 Å². The van der Waals surface area contributed by atoms with E-state index in [-0.39, 0.29) is 5.92 Å². The summed E-state index contributed by atoms with van der Waals surface area (Å²) >= 11 is 0. The van der Waals surface area contributed by atoms with Crippen LogP contribution in [0, 0.1) is 11.8 Å². The molecule has 0 aromatic carbocycles. The van der Waals surface area contributed by atoms with Crippen LogP contribution in [0.2, 0.25) is 0 Å². The van der Waals surface area contributed by atoms with E-state index in [1.54, 1.807) is 0 Å². The minimum atomic E-state index is 0.107. The molecule has 4 heteroatoms. The number of nitrogens with one attached hydrogen (secondary N) is 1. The molecule has 2 aliphatic rings. The van der Waals surface area contributed by atoms with E-state index in [1.165, 1.54) is 12.8 Å². The molecule has 0 radical (unpaired) electrons. The fourth-order valence-electron chi connectivity index (χ4n) is 2.96. The highest BCUT2D eigenvalue weighted by Gasteiger charge is 2.27. The molecule has 0 aromatic heterocycles. The first-order valence-electron chi connectivity index (χ1n) is 7.38. The lowest BCUT2D eigenvalue weighted by atomic mass is 9.96. The molecule has 104 valence electrons. The Morgan fingerprint density at radius 2 is 2.28 bits per heavy atom. The second-order valence-electron chi connectivity index (χ2n) is 5.50. The summed E-state index contributed by atoms with van der Waals surface area (Å²) in [5.74, 6) is 1.05. The first-order valence-corrected chi connectivity index (χ1v) is 7.38. The fourth-order valence-corrected chi connectivity index (χ4v) is 2.96. The third kappa shape index (κ3) is 3.69. The molecular weight excluding hydrogens is 228 g/mol. The van der Waals surface area contributed by atoms with Gasteiger partial charge in [0, 0.05) is 19.7 Å². The van der Waals surface area contributed by atoms with Crippen molar-refractivity contribution >= 4 is 5.91 Å². The molecule has 2 saturated heterocycles. The van der Waals surface area contributed by atoms with Gasteiger partial charge in [0.1, 0.15) is 0 Å². The third-order valence-electron chi connectivity index (χ3n) is 4.08. The zero-order valence-electron chi connectivity index (χ0n) is 11.5. The van der Waals surface area contributed by atoms with Crippen LogP contribution in [-0.4, -0.2) is 50.2 Å². The zero-order chi connectivity index (χ0) is 12.8. The average molecular weight is 254 g/mol. The van der Waals surface area contributed by atoms with Crippen molar-refractivity contribution < 1.29 is 9.53 Å². The van der Waals surface area contributed by atoms with Gasteiger partial charge < -0.3 is 15.0 Å². The van der Waals surface area contributed by atoms with Crippen LogP contribution in [-0.2, 0) is 9.53 Å². The molecule has 0 saturated carbocycles.